The van der Waals surface area contributed by atoms with Gasteiger partial charge in [0.2, 0.25) is 5.91 Å². The number of nitrogens with zero attached hydrogens (tertiary/aromatic N) is 1. The van der Waals surface area contributed by atoms with Crippen LogP contribution >= 0.6 is 0 Å². The van der Waals surface area contributed by atoms with Gasteiger partial charge in [-0.15, -0.1) is 0 Å². The van der Waals surface area contributed by atoms with Crippen LogP contribution in [0, 0.1) is 0 Å². The maximum absolute atomic E-state index is 12.5. The van der Waals surface area contributed by atoms with E-state index in [0.717, 1.165) is 4.90 Å². The predicted octanol–water partition coefficient (Wildman–Crippen LogP) is 3.01. The molecule has 0 fully saturated rings. The molecule has 4 nitrogen and oxygen atoms in total. The molecular formula is C17H13NO3. The van der Waals surface area contributed by atoms with Gasteiger partial charge in [0.05, 0.1) is 11.3 Å². The molecule has 0 saturated carbocycles. The van der Waals surface area contributed by atoms with Gasteiger partial charge < -0.3 is 5.11 Å². The third-order valence-electron chi connectivity index (χ3n) is 3.43. The molecule has 1 N–H and O–H groups in total. The molecular weight excluding hydrogens is 266 g/mol. The predicted molar refractivity (Wildman–Crippen MR) is 80.5 cm³/mol. The first-order valence-electron chi connectivity index (χ1n) is 6.54. The van der Waals surface area contributed by atoms with Crippen LogP contribution in [0.3, 0.4) is 0 Å². The van der Waals surface area contributed by atoms with E-state index in [0.29, 0.717) is 16.8 Å². The van der Waals surface area contributed by atoms with Gasteiger partial charge >= 0.3 is 0 Å². The van der Waals surface area contributed by atoms with Gasteiger partial charge in [0.25, 0.3) is 5.91 Å². The van der Waals surface area contributed by atoms with E-state index in [2.05, 4.69) is 0 Å². The Bertz CT molecular complexity index is 763. The number of hydrogen-bond acceptors (Lipinski definition) is 3. The van der Waals surface area contributed by atoms with E-state index in [-0.39, 0.29) is 17.2 Å². The normalized spacial score (nSPS) is 15.9. The van der Waals surface area contributed by atoms with Crippen LogP contribution in [0.1, 0.15) is 18.1 Å². The molecule has 0 atom stereocenters. The number of anilines is 1. The molecule has 1 aliphatic heterocycles. The smallest absolute Gasteiger partial charge is 0.269 e. The van der Waals surface area contributed by atoms with E-state index < -0.39 is 5.91 Å². The van der Waals surface area contributed by atoms with Gasteiger partial charge in [0.15, 0.2) is 0 Å². The number of carbonyl (C=O) groups is 2. The van der Waals surface area contributed by atoms with Crippen LogP contribution < -0.4 is 4.90 Å². The number of para-hydroxylation sites is 1. The summed E-state index contributed by atoms with van der Waals surface area (Å²) in [6, 6.07) is 15.8. The number of aliphatic hydroxyl groups excluding tert-OH is 1. The zero-order chi connectivity index (χ0) is 15.0. The molecule has 21 heavy (non-hydrogen) atoms. The Kier molecular flexibility index (Phi) is 3.06. The van der Waals surface area contributed by atoms with Crippen molar-refractivity contribution in [3.63, 3.8) is 0 Å². The molecule has 1 aliphatic rings. The van der Waals surface area contributed by atoms with Crippen molar-refractivity contribution < 1.29 is 14.7 Å². The summed E-state index contributed by atoms with van der Waals surface area (Å²) in [6.07, 6.45) is 0. The van der Waals surface area contributed by atoms with Crippen LogP contribution in [0.5, 0.6) is 0 Å². The van der Waals surface area contributed by atoms with Gasteiger partial charge in [0.1, 0.15) is 5.76 Å². The van der Waals surface area contributed by atoms with E-state index in [4.69, 9.17) is 0 Å². The summed E-state index contributed by atoms with van der Waals surface area (Å²) in [5, 5.41) is 10.5. The highest BCUT2D eigenvalue weighted by atomic mass is 16.3. The van der Waals surface area contributed by atoms with Gasteiger partial charge in [-0.3, -0.25) is 9.59 Å². The van der Waals surface area contributed by atoms with Gasteiger partial charge in [-0.05, 0) is 6.07 Å². The second-order valence-electron chi connectivity index (χ2n) is 4.77. The summed E-state index contributed by atoms with van der Waals surface area (Å²) in [5.74, 6) is -0.981. The minimum Gasteiger partial charge on any atom is -0.506 e. The number of hydrogen-bond donors (Lipinski definition) is 1. The Hall–Kier alpha value is -2.88. The standard InChI is InChI=1S/C17H13NO3/c1-11(19)18-14-10-6-5-9-13(14)15(17(18)21)16(20)12-7-3-2-4-8-12/h2-10,20H,1H3. The van der Waals surface area contributed by atoms with Gasteiger partial charge in [0, 0.05) is 18.1 Å². The maximum atomic E-state index is 12.5. The lowest BCUT2D eigenvalue weighted by molar-refractivity contribution is -0.122. The molecule has 0 unspecified atom stereocenters. The molecule has 2 aromatic rings. The number of carbonyl (C=O) groups excluding carboxylic acids is 2. The highest BCUT2D eigenvalue weighted by Gasteiger charge is 2.37. The van der Waals surface area contributed by atoms with Crippen molar-refractivity contribution in [3.8, 4) is 0 Å². The lowest BCUT2D eigenvalue weighted by Gasteiger charge is -2.11. The first-order valence-corrected chi connectivity index (χ1v) is 6.54. The van der Waals surface area contributed by atoms with Gasteiger partial charge in [-0.1, -0.05) is 48.5 Å². The zero-order valence-electron chi connectivity index (χ0n) is 11.4. The zero-order valence-corrected chi connectivity index (χ0v) is 11.4. The van der Waals surface area contributed by atoms with Crippen LogP contribution in [0.2, 0.25) is 0 Å². The summed E-state index contributed by atoms with van der Waals surface area (Å²) >= 11 is 0. The second-order valence-corrected chi connectivity index (χ2v) is 4.77. The third-order valence-corrected chi connectivity index (χ3v) is 3.43. The minimum atomic E-state index is -0.495. The monoisotopic (exact) mass is 279 g/mol. The summed E-state index contributed by atoms with van der Waals surface area (Å²) < 4.78 is 0. The number of rotatable bonds is 1. The summed E-state index contributed by atoms with van der Waals surface area (Å²) in [4.78, 5) is 25.3. The Balaban J connectivity index is 2.25. The highest BCUT2D eigenvalue weighted by Crippen LogP contribution is 2.39. The highest BCUT2D eigenvalue weighted by molar-refractivity contribution is 6.42. The molecule has 0 spiro atoms. The van der Waals surface area contributed by atoms with Crippen molar-refractivity contribution in [3.05, 3.63) is 65.7 Å². The van der Waals surface area contributed by atoms with Crippen molar-refractivity contribution in [2.75, 3.05) is 4.90 Å². The lowest BCUT2D eigenvalue weighted by Crippen LogP contribution is -2.31. The number of fused-ring (bicyclic) bond motifs is 1. The molecule has 104 valence electrons. The molecule has 0 saturated heterocycles. The molecule has 0 bridgehead atoms. The Labute approximate surface area is 121 Å². The first-order chi connectivity index (χ1) is 10.1. The Morgan fingerprint density at radius 3 is 2.29 bits per heavy atom. The number of amides is 2. The molecule has 2 aromatic carbocycles. The third kappa shape index (κ3) is 2.01. The summed E-state index contributed by atoms with van der Waals surface area (Å²) in [5.41, 5.74) is 1.78. The molecule has 0 aromatic heterocycles. The topological polar surface area (TPSA) is 57.6 Å². The molecule has 3 rings (SSSR count). The summed E-state index contributed by atoms with van der Waals surface area (Å²) in [7, 11) is 0. The van der Waals surface area contributed by atoms with Gasteiger partial charge in [-0.25, -0.2) is 4.90 Å². The molecule has 0 aliphatic carbocycles. The molecule has 1 heterocycles. The quantitative estimate of drug-likeness (QED) is 0.645. The van der Waals surface area contributed by atoms with Gasteiger partial charge in [-0.2, -0.15) is 0 Å². The van der Waals surface area contributed by atoms with E-state index in [1.807, 2.05) is 6.07 Å². The fraction of sp³-hybridized carbons (Fsp3) is 0.0588. The fourth-order valence-corrected chi connectivity index (χ4v) is 2.50. The number of aliphatic hydroxyl groups is 1. The lowest BCUT2D eigenvalue weighted by atomic mass is 10.0. The fourth-order valence-electron chi connectivity index (χ4n) is 2.50. The molecule has 0 radical (unpaired) electrons. The number of benzene rings is 2. The van der Waals surface area contributed by atoms with Crippen LogP contribution in [0.25, 0.3) is 11.3 Å². The van der Waals surface area contributed by atoms with E-state index >= 15 is 0 Å². The maximum Gasteiger partial charge on any atom is 0.269 e. The first kappa shape index (κ1) is 13.1. The van der Waals surface area contributed by atoms with Crippen LogP contribution in [-0.4, -0.2) is 16.9 Å². The van der Waals surface area contributed by atoms with Crippen LogP contribution in [0.15, 0.2) is 54.6 Å². The van der Waals surface area contributed by atoms with E-state index in [1.165, 1.54) is 6.92 Å². The second kappa shape index (κ2) is 4.90. The van der Waals surface area contributed by atoms with Crippen molar-refractivity contribution in [2.24, 2.45) is 0 Å². The summed E-state index contributed by atoms with van der Waals surface area (Å²) in [6.45, 7) is 1.33. The molecule has 2 amide bonds. The van der Waals surface area contributed by atoms with Crippen molar-refractivity contribution in [2.45, 2.75) is 6.92 Å². The van der Waals surface area contributed by atoms with Crippen LogP contribution in [-0.2, 0) is 9.59 Å². The minimum absolute atomic E-state index is 0.114. The van der Waals surface area contributed by atoms with Crippen molar-refractivity contribution in [1.82, 2.24) is 0 Å². The average Bonchev–Trinajstić information content (AvgIpc) is 2.79. The Morgan fingerprint density at radius 1 is 1.00 bits per heavy atom. The van der Waals surface area contributed by atoms with Crippen molar-refractivity contribution in [1.29, 1.82) is 0 Å². The largest absolute Gasteiger partial charge is 0.506 e. The van der Waals surface area contributed by atoms with E-state index in [1.54, 1.807) is 48.5 Å². The number of imide groups is 1. The average molecular weight is 279 g/mol. The molecule has 4 heteroatoms. The Morgan fingerprint density at radius 2 is 1.62 bits per heavy atom. The SMILES string of the molecule is CC(=O)N1C(=O)C(=C(O)c2ccccc2)c2ccccc21. The van der Waals surface area contributed by atoms with Crippen molar-refractivity contribution >= 4 is 28.8 Å². The van der Waals surface area contributed by atoms with Crippen LogP contribution in [0.4, 0.5) is 5.69 Å². The van der Waals surface area contributed by atoms with E-state index in [9.17, 15) is 14.7 Å².